The largest absolute Gasteiger partial charge is 0.372 e. The Balaban J connectivity index is 1.99. The van der Waals surface area contributed by atoms with E-state index in [1.165, 1.54) is 10.5 Å². The van der Waals surface area contributed by atoms with Gasteiger partial charge in [-0.15, -0.1) is 0 Å². The van der Waals surface area contributed by atoms with E-state index in [4.69, 9.17) is 4.74 Å². The highest BCUT2D eigenvalue weighted by Gasteiger charge is 2.21. The minimum atomic E-state index is -0.525. The lowest BCUT2D eigenvalue weighted by Gasteiger charge is -2.32. The molecule has 6 heteroatoms. The Bertz CT molecular complexity index is 643. The number of nitrogens with zero attached hydrogens (tertiary/aromatic N) is 3. The summed E-state index contributed by atoms with van der Waals surface area (Å²) >= 11 is 0. The number of hydrogen-bond acceptors (Lipinski definition) is 4. The second kappa shape index (κ2) is 4.97. The summed E-state index contributed by atoms with van der Waals surface area (Å²) in [5, 5.41) is 0. The molecule has 0 aliphatic carbocycles. The third-order valence-electron chi connectivity index (χ3n) is 3.19. The monoisotopic (exact) mass is 263 g/mol. The van der Waals surface area contributed by atoms with Crippen LogP contribution in [0.15, 0.2) is 35.3 Å². The van der Waals surface area contributed by atoms with E-state index in [0.717, 1.165) is 0 Å². The van der Waals surface area contributed by atoms with E-state index < -0.39 is 12.8 Å². The van der Waals surface area contributed by atoms with Gasteiger partial charge in [-0.2, -0.15) is 0 Å². The number of ether oxygens (including phenoxy) is 1. The molecule has 1 aliphatic heterocycles. The molecule has 19 heavy (non-hydrogen) atoms. The minimum Gasteiger partial charge on any atom is -0.372 e. The van der Waals surface area contributed by atoms with Crippen molar-refractivity contribution in [3.05, 3.63) is 40.8 Å². The normalized spacial score (nSPS) is 19.8. The Morgan fingerprint density at radius 1 is 1.47 bits per heavy atom. The van der Waals surface area contributed by atoms with Gasteiger partial charge in [-0.05, 0) is 12.1 Å². The molecule has 3 heterocycles. The van der Waals surface area contributed by atoms with Gasteiger partial charge in [-0.25, -0.2) is 9.37 Å². The number of halogens is 1. The maximum Gasteiger partial charge on any atom is 0.259 e. The third-order valence-corrected chi connectivity index (χ3v) is 3.19. The summed E-state index contributed by atoms with van der Waals surface area (Å²) in [6, 6.07) is 6.87. The maximum atomic E-state index is 12.7. The molecule has 100 valence electrons. The average Bonchev–Trinajstić information content (AvgIpc) is 2.47. The van der Waals surface area contributed by atoms with Crippen LogP contribution in [0, 0.1) is 0 Å². The van der Waals surface area contributed by atoms with Gasteiger partial charge in [0.2, 0.25) is 0 Å². The fourth-order valence-corrected chi connectivity index (χ4v) is 2.22. The fourth-order valence-electron chi connectivity index (χ4n) is 2.22. The maximum absolute atomic E-state index is 12.7. The molecule has 0 aromatic carbocycles. The van der Waals surface area contributed by atoms with Gasteiger partial charge in [-0.1, -0.05) is 6.07 Å². The number of rotatable bonds is 2. The Labute approximate surface area is 109 Å². The highest BCUT2D eigenvalue weighted by molar-refractivity contribution is 5.48. The number of alkyl halides is 1. The van der Waals surface area contributed by atoms with Crippen molar-refractivity contribution in [2.75, 3.05) is 31.3 Å². The molecule has 0 bridgehead atoms. The summed E-state index contributed by atoms with van der Waals surface area (Å²) in [7, 11) is 0. The van der Waals surface area contributed by atoms with E-state index in [2.05, 4.69) is 4.98 Å². The van der Waals surface area contributed by atoms with E-state index in [-0.39, 0.29) is 5.56 Å². The predicted molar refractivity (Wildman–Crippen MR) is 69.4 cm³/mol. The van der Waals surface area contributed by atoms with Crippen LogP contribution in [0.4, 0.5) is 10.2 Å². The van der Waals surface area contributed by atoms with Crippen LogP contribution in [0.2, 0.25) is 0 Å². The van der Waals surface area contributed by atoms with Gasteiger partial charge in [0.15, 0.2) is 0 Å². The lowest BCUT2D eigenvalue weighted by molar-refractivity contribution is 0.0245. The first-order chi connectivity index (χ1) is 9.28. The van der Waals surface area contributed by atoms with Crippen molar-refractivity contribution in [3.8, 4) is 0 Å². The van der Waals surface area contributed by atoms with Gasteiger partial charge in [0.1, 0.15) is 24.2 Å². The number of fused-ring (bicyclic) bond motifs is 1. The zero-order valence-corrected chi connectivity index (χ0v) is 10.3. The Kier molecular flexibility index (Phi) is 3.16. The van der Waals surface area contributed by atoms with Crippen molar-refractivity contribution in [1.29, 1.82) is 0 Å². The van der Waals surface area contributed by atoms with Crippen LogP contribution in [0.25, 0.3) is 5.65 Å². The average molecular weight is 263 g/mol. The standard InChI is InChI=1S/C13H14FN3O2/c14-8-10-9-16(5-6-19-10)12-7-13(18)17-4-2-1-3-11(17)15-12/h1-4,7,10H,5-6,8-9H2. The molecule has 0 saturated carbocycles. The second-order valence-electron chi connectivity index (χ2n) is 4.47. The van der Waals surface area contributed by atoms with E-state index in [1.807, 2.05) is 11.0 Å². The summed E-state index contributed by atoms with van der Waals surface area (Å²) in [6.45, 7) is 0.964. The smallest absolute Gasteiger partial charge is 0.259 e. The van der Waals surface area contributed by atoms with Gasteiger partial charge >= 0.3 is 0 Å². The van der Waals surface area contributed by atoms with Gasteiger partial charge in [-0.3, -0.25) is 9.20 Å². The van der Waals surface area contributed by atoms with E-state index in [9.17, 15) is 9.18 Å². The molecule has 1 unspecified atom stereocenters. The molecule has 1 saturated heterocycles. The van der Waals surface area contributed by atoms with Crippen LogP contribution < -0.4 is 10.5 Å². The summed E-state index contributed by atoms with van der Waals surface area (Å²) in [5.74, 6) is 0.581. The lowest BCUT2D eigenvalue weighted by Crippen LogP contribution is -2.44. The molecule has 0 amide bonds. The molecule has 5 nitrogen and oxygen atoms in total. The van der Waals surface area contributed by atoms with Gasteiger partial charge in [0.25, 0.3) is 5.56 Å². The molecule has 1 fully saturated rings. The summed E-state index contributed by atoms with van der Waals surface area (Å²) in [4.78, 5) is 18.3. The van der Waals surface area contributed by atoms with Gasteiger partial charge < -0.3 is 9.64 Å². The first-order valence-electron chi connectivity index (χ1n) is 6.19. The summed E-state index contributed by atoms with van der Waals surface area (Å²) in [5.41, 5.74) is 0.456. The quantitative estimate of drug-likeness (QED) is 0.806. The zero-order valence-electron chi connectivity index (χ0n) is 10.3. The van der Waals surface area contributed by atoms with E-state index in [0.29, 0.717) is 31.2 Å². The number of pyridine rings is 1. The van der Waals surface area contributed by atoms with Crippen LogP contribution in [0.3, 0.4) is 0 Å². The third kappa shape index (κ3) is 2.31. The molecule has 0 spiro atoms. The summed E-state index contributed by atoms with van der Waals surface area (Å²) in [6.07, 6.45) is 1.24. The van der Waals surface area contributed by atoms with E-state index in [1.54, 1.807) is 18.3 Å². The van der Waals surface area contributed by atoms with Crippen LogP contribution >= 0.6 is 0 Å². The molecule has 0 N–H and O–H groups in total. The van der Waals surface area contributed by atoms with Gasteiger partial charge in [0.05, 0.1) is 6.61 Å². The molecule has 2 aromatic rings. The predicted octanol–water partition coefficient (Wildman–Crippen LogP) is 0.869. The van der Waals surface area contributed by atoms with Crippen LogP contribution in [-0.2, 0) is 4.74 Å². The summed E-state index contributed by atoms with van der Waals surface area (Å²) < 4.78 is 19.4. The van der Waals surface area contributed by atoms with Crippen molar-refractivity contribution >= 4 is 11.5 Å². The molecule has 2 aromatic heterocycles. The number of hydrogen-bond donors (Lipinski definition) is 0. The van der Waals surface area contributed by atoms with Crippen molar-refractivity contribution in [2.45, 2.75) is 6.10 Å². The number of aromatic nitrogens is 2. The van der Waals surface area contributed by atoms with Gasteiger partial charge in [0, 0.05) is 25.4 Å². The molecule has 0 radical (unpaired) electrons. The fraction of sp³-hybridized carbons (Fsp3) is 0.385. The Morgan fingerprint density at radius 3 is 3.21 bits per heavy atom. The lowest BCUT2D eigenvalue weighted by atomic mass is 10.3. The van der Waals surface area contributed by atoms with Crippen molar-refractivity contribution in [1.82, 2.24) is 9.38 Å². The van der Waals surface area contributed by atoms with Crippen LogP contribution in [0.5, 0.6) is 0 Å². The molecule has 1 aliphatic rings. The van der Waals surface area contributed by atoms with E-state index >= 15 is 0 Å². The molecular formula is C13H14FN3O2. The Morgan fingerprint density at radius 2 is 2.37 bits per heavy atom. The first-order valence-corrected chi connectivity index (χ1v) is 6.19. The molecular weight excluding hydrogens is 249 g/mol. The Hall–Kier alpha value is -1.95. The zero-order chi connectivity index (χ0) is 13.2. The first kappa shape index (κ1) is 12.1. The van der Waals surface area contributed by atoms with Crippen molar-refractivity contribution in [2.24, 2.45) is 0 Å². The highest BCUT2D eigenvalue weighted by atomic mass is 19.1. The highest BCUT2D eigenvalue weighted by Crippen LogP contribution is 2.14. The molecule has 3 rings (SSSR count). The topological polar surface area (TPSA) is 46.8 Å². The molecule has 1 atom stereocenters. The second-order valence-corrected chi connectivity index (χ2v) is 4.47. The minimum absolute atomic E-state index is 0.135. The number of morpholine rings is 1. The van der Waals surface area contributed by atoms with Crippen LogP contribution in [0.1, 0.15) is 0 Å². The number of anilines is 1. The van der Waals surface area contributed by atoms with Crippen molar-refractivity contribution < 1.29 is 9.13 Å². The van der Waals surface area contributed by atoms with Crippen molar-refractivity contribution in [3.63, 3.8) is 0 Å². The van der Waals surface area contributed by atoms with Crippen LogP contribution in [-0.4, -0.2) is 41.9 Å². The SMILES string of the molecule is O=c1cc(N2CCOC(CF)C2)nc2ccccn12.